The van der Waals surface area contributed by atoms with Gasteiger partial charge in [-0.05, 0) is 12.5 Å². The van der Waals surface area contributed by atoms with Crippen molar-refractivity contribution in [3.63, 3.8) is 0 Å². The number of carbonyl (C=O) groups excluding carboxylic acids is 2. The van der Waals surface area contributed by atoms with Gasteiger partial charge in [0.25, 0.3) is 11.6 Å². The van der Waals surface area contributed by atoms with E-state index in [1.807, 2.05) is 5.48 Å². The fraction of sp³-hybridized carbons (Fsp3) is 0.200. The van der Waals surface area contributed by atoms with Crippen molar-refractivity contribution in [1.82, 2.24) is 5.48 Å². The molecule has 1 aromatic rings. The minimum Gasteiger partial charge on any atom is -0.368 e. The SMILES string of the molecule is Cc1cccc([N+](=O)[O-])c1C(=O)NOCC(N)=O. The summed E-state index contributed by atoms with van der Waals surface area (Å²) < 4.78 is 0. The average molecular weight is 253 g/mol. The first-order chi connectivity index (χ1) is 8.43. The van der Waals surface area contributed by atoms with E-state index in [-0.39, 0.29) is 11.3 Å². The number of nitrogens with one attached hydrogen (secondary N) is 1. The van der Waals surface area contributed by atoms with Crippen LogP contribution in [0.2, 0.25) is 0 Å². The van der Waals surface area contributed by atoms with Crippen molar-refractivity contribution in [1.29, 1.82) is 0 Å². The lowest BCUT2D eigenvalue weighted by Crippen LogP contribution is -2.30. The summed E-state index contributed by atoms with van der Waals surface area (Å²) in [5.74, 6) is -1.57. The summed E-state index contributed by atoms with van der Waals surface area (Å²) >= 11 is 0. The average Bonchev–Trinajstić information content (AvgIpc) is 2.27. The largest absolute Gasteiger partial charge is 0.368 e. The summed E-state index contributed by atoms with van der Waals surface area (Å²) in [6.07, 6.45) is 0. The molecule has 0 aliphatic rings. The standard InChI is InChI=1S/C10H11N3O5/c1-6-3-2-4-7(13(16)17)9(6)10(15)12-18-5-8(11)14/h2-4H,5H2,1H3,(H2,11,14)(H,12,15). The number of benzene rings is 1. The number of hydrogen-bond donors (Lipinski definition) is 2. The van der Waals surface area contributed by atoms with E-state index in [2.05, 4.69) is 4.84 Å². The Balaban J connectivity index is 2.91. The maximum Gasteiger partial charge on any atom is 0.282 e. The highest BCUT2D eigenvalue weighted by Gasteiger charge is 2.22. The minimum absolute atomic E-state index is 0.119. The maximum absolute atomic E-state index is 11.7. The Morgan fingerprint density at radius 2 is 2.17 bits per heavy atom. The number of amides is 2. The fourth-order valence-corrected chi connectivity index (χ4v) is 1.32. The number of hydroxylamine groups is 1. The minimum atomic E-state index is -0.805. The van der Waals surface area contributed by atoms with Gasteiger partial charge in [0.2, 0.25) is 5.91 Å². The first-order valence-corrected chi connectivity index (χ1v) is 4.88. The molecule has 0 bridgehead atoms. The van der Waals surface area contributed by atoms with Gasteiger partial charge in [0.15, 0.2) is 6.61 Å². The number of nitrogens with two attached hydrogens (primary N) is 1. The normalized spacial score (nSPS) is 9.83. The highest BCUT2D eigenvalue weighted by Crippen LogP contribution is 2.21. The van der Waals surface area contributed by atoms with E-state index in [1.54, 1.807) is 13.0 Å². The van der Waals surface area contributed by atoms with Crippen molar-refractivity contribution in [2.45, 2.75) is 6.92 Å². The number of nitro groups is 1. The smallest absolute Gasteiger partial charge is 0.282 e. The van der Waals surface area contributed by atoms with Gasteiger partial charge in [0.1, 0.15) is 5.56 Å². The van der Waals surface area contributed by atoms with Crippen LogP contribution in [0.4, 0.5) is 5.69 Å². The van der Waals surface area contributed by atoms with Gasteiger partial charge in [-0.15, -0.1) is 0 Å². The van der Waals surface area contributed by atoms with E-state index in [9.17, 15) is 19.7 Å². The van der Waals surface area contributed by atoms with Crippen molar-refractivity contribution in [2.24, 2.45) is 5.73 Å². The predicted octanol–water partition coefficient (Wildman–Crippen LogP) is 0.0499. The van der Waals surface area contributed by atoms with Crippen LogP contribution < -0.4 is 11.2 Å². The molecule has 2 amide bonds. The Bertz CT molecular complexity index is 500. The zero-order valence-electron chi connectivity index (χ0n) is 9.50. The number of aryl methyl sites for hydroxylation is 1. The van der Waals surface area contributed by atoms with E-state index in [1.165, 1.54) is 12.1 Å². The summed E-state index contributed by atoms with van der Waals surface area (Å²) in [5, 5.41) is 10.8. The lowest BCUT2D eigenvalue weighted by atomic mass is 10.1. The van der Waals surface area contributed by atoms with Crippen LogP contribution in [-0.4, -0.2) is 23.3 Å². The molecule has 8 heteroatoms. The monoisotopic (exact) mass is 253 g/mol. The maximum atomic E-state index is 11.7. The third-order valence-corrected chi connectivity index (χ3v) is 2.05. The van der Waals surface area contributed by atoms with Crippen LogP contribution in [0.1, 0.15) is 15.9 Å². The first kappa shape index (κ1) is 13.6. The van der Waals surface area contributed by atoms with Crippen LogP contribution in [0.25, 0.3) is 0 Å². The van der Waals surface area contributed by atoms with Gasteiger partial charge in [-0.1, -0.05) is 12.1 Å². The Morgan fingerprint density at radius 3 is 2.72 bits per heavy atom. The van der Waals surface area contributed by atoms with Crippen LogP contribution in [0, 0.1) is 17.0 Å². The number of primary amides is 1. The van der Waals surface area contributed by atoms with Crippen molar-refractivity contribution < 1.29 is 19.3 Å². The lowest BCUT2D eigenvalue weighted by Gasteiger charge is -2.07. The second-order valence-electron chi connectivity index (χ2n) is 3.41. The summed E-state index contributed by atoms with van der Waals surface area (Å²) in [7, 11) is 0. The van der Waals surface area contributed by atoms with E-state index in [4.69, 9.17) is 5.73 Å². The molecule has 0 aromatic heterocycles. The molecule has 1 aromatic carbocycles. The van der Waals surface area contributed by atoms with Crippen molar-refractivity contribution in [2.75, 3.05) is 6.61 Å². The molecule has 0 radical (unpaired) electrons. The van der Waals surface area contributed by atoms with Crippen LogP contribution >= 0.6 is 0 Å². The van der Waals surface area contributed by atoms with E-state index >= 15 is 0 Å². The molecule has 0 unspecified atom stereocenters. The van der Waals surface area contributed by atoms with Gasteiger partial charge in [-0.25, -0.2) is 5.48 Å². The number of nitrogens with zero attached hydrogens (tertiary/aromatic N) is 1. The van der Waals surface area contributed by atoms with Crippen molar-refractivity contribution >= 4 is 17.5 Å². The van der Waals surface area contributed by atoms with Gasteiger partial charge in [0.05, 0.1) is 4.92 Å². The summed E-state index contributed by atoms with van der Waals surface area (Å²) in [6.45, 7) is 1.04. The molecule has 0 fully saturated rings. The van der Waals surface area contributed by atoms with E-state index in [0.29, 0.717) is 5.56 Å². The molecule has 0 atom stereocenters. The molecule has 0 spiro atoms. The number of carbonyl (C=O) groups is 2. The summed E-state index contributed by atoms with van der Waals surface area (Å²) in [4.78, 5) is 36.7. The molecular weight excluding hydrogens is 242 g/mol. The van der Waals surface area contributed by atoms with Gasteiger partial charge in [0, 0.05) is 6.07 Å². The fourth-order valence-electron chi connectivity index (χ4n) is 1.32. The van der Waals surface area contributed by atoms with Crippen molar-refractivity contribution in [3.8, 4) is 0 Å². The molecule has 0 saturated heterocycles. The molecule has 0 aliphatic heterocycles. The first-order valence-electron chi connectivity index (χ1n) is 4.88. The summed E-state index contributed by atoms with van der Waals surface area (Å²) in [6, 6.07) is 4.22. The second-order valence-corrected chi connectivity index (χ2v) is 3.41. The Labute approximate surface area is 102 Å². The van der Waals surface area contributed by atoms with Crippen molar-refractivity contribution in [3.05, 3.63) is 39.4 Å². The Kier molecular flexibility index (Phi) is 4.33. The highest BCUT2D eigenvalue weighted by molar-refractivity contribution is 5.99. The quantitative estimate of drug-likeness (QED) is 0.566. The van der Waals surface area contributed by atoms with Gasteiger partial charge >= 0.3 is 0 Å². The van der Waals surface area contributed by atoms with Gasteiger partial charge in [-0.2, -0.15) is 0 Å². The van der Waals surface area contributed by atoms with Gasteiger partial charge in [-0.3, -0.25) is 24.5 Å². The number of rotatable bonds is 5. The Morgan fingerprint density at radius 1 is 1.50 bits per heavy atom. The van der Waals surface area contributed by atoms with Crippen LogP contribution in [0.3, 0.4) is 0 Å². The third kappa shape index (κ3) is 3.25. The molecule has 0 heterocycles. The number of hydrogen-bond acceptors (Lipinski definition) is 5. The lowest BCUT2D eigenvalue weighted by molar-refractivity contribution is -0.385. The molecule has 0 aliphatic carbocycles. The predicted molar refractivity (Wildman–Crippen MR) is 60.4 cm³/mol. The van der Waals surface area contributed by atoms with Gasteiger partial charge < -0.3 is 5.73 Å². The van der Waals surface area contributed by atoms with E-state index < -0.39 is 23.3 Å². The molecule has 96 valence electrons. The highest BCUT2D eigenvalue weighted by atomic mass is 16.7. The van der Waals surface area contributed by atoms with E-state index in [0.717, 1.165) is 0 Å². The van der Waals surface area contributed by atoms with Crippen LogP contribution in [0.5, 0.6) is 0 Å². The second kappa shape index (κ2) is 5.73. The Hall–Kier alpha value is -2.48. The number of nitro benzene ring substituents is 1. The topological polar surface area (TPSA) is 125 Å². The van der Waals surface area contributed by atoms with Crippen LogP contribution in [-0.2, 0) is 9.63 Å². The molecule has 8 nitrogen and oxygen atoms in total. The molecule has 1 rings (SSSR count). The molecule has 3 N–H and O–H groups in total. The zero-order chi connectivity index (χ0) is 13.7. The third-order valence-electron chi connectivity index (χ3n) is 2.05. The zero-order valence-corrected chi connectivity index (χ0v) is 9.50. The summed E-state index contributed by atoms with van der Waals surface area (Å²) in [5.41, 5.74) is 6.69. The molecule has 18 heavy (non-hydrogen) atoms. The molecule has 0 saturated carbocycles. The van der Waals surface area contributed by atoms with Crippen LogP contribution in [0.15, 0.2) is 18.2 Å². The molecular formula is C10H11N3O5.